The minimum absolute atomic E-state index is 0.0573. The minimum atomic E-state index is -4.24. The van der Waals surface area contributed by atoms with Crippen LogP contribution in [0.2, 0.25) is 0 Å². The number of rotatable bonds is 7. The third-order valence-corrected chi connectivity index (χ3v) is 3.55. The van der Waals surface area contributed by atoms with Crippen LogP contribution in [0, 0.1) is 0 Å². The minimum Gasteiger partial charge on any atom is -0.367 e. The van der Waals surface area contributed by atoms with Gasteiger partial charge in [-0.15, -0.1) is 0 Å². The Labute approximate surface area is 137 Å². The van der Waals surface area contributed by atoms with E-state index in [0.29, 0.717) is 0 Å². The number of hydrogen-bond acceptors (Lipinski definition) is 4. The zero-order valence-electron chi connectivity index (χ0n) is 12.7. The lowest BCUT2D eigenvalue weighted by molar-refractivity contribution is 0.147. The molecule has 128 valence electrons. The smallest absolute Gasteiger partial charge is 0.350 e. The summed E-state index contributed by atoms with van der Waals surface area (Å²) in [4.78, 5) is 43.1. The van der Waals surface area contributed by atoms with E-state index in [1.807, 2.05) is 30.3 Å². The van der Waals surface area contributed by atoms with Crippen molar-refractivity contribution in [3.05, 3.63) is 68.5 Å². The van der Waals surface area contributed by atoms with E-state index in [1.54, 1.807) is 12.2 Å². The maximum Gasteiger partial charge on any atom is 0.350 e. The molecule has 0 aliphatic rings. The summed E-state index contributed by atoms with van der Waals surface area (Å²) in [7, 11) is -4.24. The lowest BCUT2D eigenvalue weighted by Gasteiger charge is -2.08. The quantitative estimate of drug-likeness (QED) is 0.502. The fraction of sp³-hybridized carbons (Fsp3) is 0.200. The van der Waals surface area contributed by atoms with Crippen molar-refractivity contribution in [1.29, 1.82) is 0 Å². The molecule has 1 aromatic heterocycles. The molecule has 0 bridgehead atoms. The molecular weight excluding hydrogens is 335 g/mol. The molecule has 9 heteroatoms. The van der Waals surface area contributed by atoms with Gasteiger partial charge < -0.3 is 14.5 Å². The van der Waals surface area contributed by atoms with Gasteiger partial charge in [-0.3, -0.25) is 18.9 Å². The van der Waals surface area contributed by atoms with E-state index in [9.17, 15) is 14.2 Å². The maximum absolute atomic E-state index is 11.8. The number of ether oxygens (including phenoxy) is 1. The van der Waals surface area contributed by atoms with E-state index >= 15 is 0 Å². The number of hydrogen-bond donors (Lipinski definition) is 3. The number of benzene rings is 1. The highest BCUT2D eigenvalue weighted by Crippen LogP contribution is 2.33. The van der Waals surface area contributed by atoms with Gasteiger partial charge in [0.1, 0.15) is 6.35 Å². The predicted octanol–water partition coefficient (Wildman–Crippen LogP) is 0.859. The van der Waals surface area contributed by atoms with Crippen molar-refractivity contribution >= 4 is 19.7 Å². The summed E-state index contributed by atoms with van der Waals surface area (Å²) in [6.45, 7) is -0.0132. The standard InChI is InChI=1S/C15H17N2O6P/c18-14-13(7-6-12-4-2-1-3-5-12)10-17(15(19)16-14)8-9-23-11-24(20,21)22/h1-7,10H,8-9,11H2,(H,16,18,19)(H2,20,21,22)/b7-6+. The Morgan fingerprint density at radius 1 is 1.17 bits per heavy atom. The number of nitrogens with zero attached hydrogens (tertiary/aromatic N) is 1. The van der Waals surface area contributed by atoms with Gasteiger partial charge in [0.25, 0.3) is 5.56 Å². The van der Waals surface area contributed by atoms with E-state index < -0.39 is 25.2 Å². The molecule has 0 aliphatic heterocycles. The summed E-state index contributed by atoms with van der Waals surface area (Å²) in [6, 6.07) is 9.35. The zero-order valence-corrected chi connectivity index (χ0v) is 13.6. The number of aromatic amines is 1. The molecular formula is C15H17N2O6P. The number of H-pyrrole nitrogens is 1. The van der Waals surface area contributed by atoms with Crippen LogP contribution in [-0.4, -0.2) is 32.3 Å². The molecule has 0 amide bonds. The molecule has 1 aromatic carbocycles. The van der Waals surface area contributed by atoms with E-state index in [4.69, 9.17) is 14.5 Å². The van der Waals surface area contributed by atoms with Crippen LogP contribution in [0.25, 0.3) is 12.2 Å². The Morgan fingerprint density at radius 3 is 2.54 bits per heavy atom. The second-order valence-corrected chi connectivity index (χ2v) is 6.57. The van der Waals surface area contributed by atoms with E-state index in [-0.39, 0.29) is 18.7 Å². The van der Waals surface area contributed by atoms with Crippen LogP contribution in [0.4, 0.5) is 0 Å². The molecule has 1 heterocycles. The van der Waals surface area contributed by atoms with Gasteiger partial charge in [0.05, 0.1) is 18.7 Å². The first-order chi connectivity index (χ1) is 11.3. The molecule has 0 atom stereocenters. The van der Waals surface area contributed by atoms with Crippen molar-refractivity contribution in [3.63, 3.8) is 0 Å². The highest BCUT2D eigenvalue weighted by molar-refractivity contribution is 7.51. The van der Waals surface area contributed by atoms with Crippen molar-refractivity contribution in [1.82, 2.24) is 9.55 Å². The van der Waals surface area contributed by atoms with Crippen molar-refractivity contribution < 1.29 is 19.1 Å². The fourth-order valence-corrected chi connectivity index (χ4v) is 2.27. The van der Waals surface area contributed by atoms with Gasteiger partial charge >= 0.3 is 13.3 Å². The summed E-state index contributed by atoms with van der Waals surface area (Å²) in [5.74, 6) is 0. The highest BCUT2D eigenvalue weighted by Gasteiger charge is 2.12. The molecule has 2 aromatic rings. The van der Waals surface area contributed by atoms with Crippen LogP contribution in [0.5, 0.6) is 0 Å². The molecule has 0 radical (unpaired) electrons. The van der Waals surface area contributed by atoms with Gasteiger partial charge in [-0.25, -0.2) is 4.79 Å². The van der Waals surface area contributed by atoms with Crippen molar-refractivity contribution in [3.8, 4) is 0 Å². The van der Waals surface area contributed by atoms with Crippen LogP contribution in [0.3, 0.4) is 0 Å². The van der Waals surface area contributed by atoms with E-state index in [1.165, 1.54) is 10.8 Å². The normalized spacial score (nSPS) is 11.9. The monoisotopic (exact) mass is 352 g/mol. The molecule has 8 nitrogen and oxygen atoms in total. The largest absolute Gasteiger partial charge is 0.367 e. The van der Waals surface area contributed by atoms with Crippen LogP contribution in [-0.2, 0) is 15.8 Å². The first kappa shape index (κ1) is 18.1. The fourth-order valence-electron chi connectivity index (χ4n) is 1.91. The van der Waals surface area contributed by atoms with Crippen molar-refractivity contribution in [2.45, 2.75) is 6.54 Å². The highest BCUT2D eigenvalue weighted by atomic mass is 31.2. The molecule has 24 heavy (non-hydrogen) atoms. The van der Waals surface area contributed by atoms with E-state index in [2.05, 4.69) is 4.98 Å². The Kier molecular flexibility index (Phi) is 6.05. The third-order valence-electron chi connectivity index (χ3n) is 3.03. The first-order valence-electron chi connectivity index (χ1n) is 7.04. The molecule has 2 rings (SSSR count). The Bertz CT molecular complexity index is 866. The van der Waals surface area contributed by atoms with Gasteiger partial charge in [0, 0.05) is 6.20 Å². The summed E-state index contributed by atoms with van der Waals surface area (Å²) in [5, 5.41) is 0. The van der Waals surface area contributed by atoms with Crippen LogP contribution < -0.4 is 11.2 Å². The molecule has 3 N–H and O–H groups in total. The van der Waals surface area contributed by atoms with Gasteiger partial charge in [0.15, 0.2) is 0 Å². The molecule has 0 fully saturated rings. The molecule has 0 saturated heterocycles. The van der Waals surface area contributed by atoms with Crippen LogP contribution in [0.1, 0.15) is 11.1 Å². The molecule has 0 saturated carbocycles. The number of aromatic nitrogens is 2. The van der Waals surface area contributed by atoms with Crippen LogP contribution >= 0.6 is 7.60 Å². The Balaban J connectivity index is 2.10. The topological polar surface area (TPSA) is 122 Å². The molecule has 0 unspecified atom stereocenters. The summed E-state index contributed by atoms with van der Waals surface area (Å²) in [6.07, 6.45) is 3.98. The van der Waals surface area contributed by atoms with Crippen molar-refractivity contribution in [2.24, 2.45) is 0 Å². The zero-order chi connectivity index (χ0) is 17.6. The average Bonchev–Trinajstić information content (AvgIpc) is 2.52. The Hall–Kier alpha value is -2.25. The second kappa shape index (κ2) is 8.03. The molecule has 0 aliphatic carbocycles. The lowest BCUT2D eigenvalue weighted by Crippen LogP contribution is -2.31. The average molecular weight is 352 g/mol. The lowest BCUT2D eigenvalue weighted by atomic mass is 10.2. The summed E-state index contributed by atoms with van der Waals surface area (Å²) in [5.41, 5.74) is 0.0595. The van der Waals surface area contributed by atoms with Gasteiger partial charge in [-0.2, -0.15) is 0 Å². The van der Waals surface area contributed by atoms with Gasteiger partial charge in [-0.1, -0.05) is 36.4 Å². The van der Waals surface area contributed by atoms with E-state index in [0.717, 1.165) is 5.56 Å². The SMILES string of the molecule is O=c1[nH]c(=O)n(CCOCP(=O)(O)O)cc1/C=C/c1ccccc1. The van der Waals surface area contributed by atoms with Gasteiger partial charge in [0.2, 0.25) is 0 Å². The van der Waals surface area contributed by atoms with Crippen LogP contribution in [0.15, 0.2) is 46.1 Å². The number of nitrogens with one attached hydrogen (secondary N) is 1. The molecule has 0 spiro atoms. The van der Waals surface area contributed by atoms with Crippen molar-refractivity contribution in [2.75, 3.05) is 13.0 Å². The third kappa shape index (κ3) is 5.75. The summed E-state index contributed by atoms with van der Waals surface area (Å²) >= 11 is 0. The Morgan fingerprint density at radius 2 is 1.88 bits per heavy atom. The van der Waals surface area contributed by atoms with Gasteiger partial charge in [-0.05, 0) is 11.6 Å². The second-order valence-electron chi connectivity index (χ2n) is 4.98. The summed E-state index contributed by atoms with van der Waals surface area (Å²) < 4.78 is 16.7. The maximum atomic E-state index is 11.8. The predicted molar refractivity (Wildman–Crippen MR) is 89.6 cm³/mol. The first-order valence-corrected chi connectivity index (χ1v) is 8.84.